The summed E-state index contributed by atoms with van der Waals surface area (Å²) in [5, 5.41) is 0. The number of hydrogen-bond donors (Lipinski definition) is 1. The summed E-state index contributed by atoms with van der Waals surface area (Å²) in [6.07, 6.45) is 1.71. The predicted octanol–water partition coefficient (Wildman–Crippen LogP) is 2.26. The van der Waals surface area contributed by atoms with E-state index in [2.05, 4.69) is 43.0 Å². The summed E-state index contributed by atoms with van der Waals surface area (Å²) in [5.41, 5.74) is 8.99. The SMILES string of the molecule is CCN(CCn1cc(N)ccc1=O)Cc1ccccc1C. The number of anilines is 1. The van der Waals surface area contributed by atoms with Gasteiger partial charge >= 0.3 is 0 Å². The normalized spacial score (nSPS) is 11.0. The van der Waals surface area contributed by atoms with E-state index in [9.17, 15) is 4.79 Å². The Balaban J connectivity index is 2.01. The van der Waals surface area contributed by atoms with E-state index in [0.717, 1.165) is 19.6 Å². The molecular formula is C17H23N3O. The quantitative estimate of drug-likeness (QED) is 0.885. The highest BCUT2D eigenvalue weighted by atomic mass is 16.1. The number of hydrogen-bond acceptors (Lipinski definition) is 3. The van der Waals surface area contributed by atoms with E-state index in [0.29, 0.717) is 12.2 Å². The van der Waals surface area contributed by atoms with Crippen molar-refractivity contribution in [3.8, 4) is 0 Å². The van der Waals surface area contributed by atoms with Gasteiger partial charge in [0, 0.05) is 37.6 Å². The van der Waals surface area contributed by atoms with Crippen LogP contribution in [-0.2, 0) is 13.1 Å². The van der Waals surface area contributed by atoms with E-state index in [1.165, 1.54) is 17.2 Å². The van der Waals surface area contributed by atoms with Gasteiger partial charge in [-0.3, -0.25) is 9.69 Å². The molecule has 0 atom stereocenters. The number of nitrogens with zero attached hydrogens (tertiary/aromatic N) is 2. The molecule has 0 saturated heterocycles. The monoisotopic (exact) mass is 285 g/mol. The summed E-state index contributed by atoms with van der Waals surface area (Å²) in [6, 6.07) is 11.6. The lowest BCUT2D eigenvalue weighted by atomic mass is 10.1. The minimum absolute atomic E-state index is 0.00357. The number of nitrogens with two attached hydrogens (primary N) is 1. The van der Waals surface area contributed by atoms with E-state index in [4.69, 9.17) is 5.73 Å². The first-order valence-corrected chi connectivity index (χ1v) is 7.33. The first-order chi connectivity index (χ1) is 10.1. The second-order valence-corrected chi connectivity index (χ2v) is 5.29. The summed E-state index contributed by atoms with van der Waals surface area (Å²) >= 11 is 0. The van der Waals surface area contributed by atoms with Gasteiger partial charge in [-0.25, -0.2) is 0 Å². The molecule has 4 heteroatoms. The van der Waals surface area contributed by atoms with Crippen molar-refractivity contribution in [1.29, 1.82) is 0 Å². The molecule has 0 spiro atoms. The van der Waals surface area contributed by atoms with Crippen LogP contribution < -0.4 is 11.3 Å². The Morgan fingerprint density at radius 3 is 2.67 bits per heavy atom. The largest absolute Gasteiger partial charge is 0.398 e. The molecule has 0 fully saturated rings. The van der Waals surface area contributed by atoms with Crippen LogP contribution in [0.25, 0.3) is 0 Å². The molecule has 0 unspecified atom stereocenters. The fourth-order valence-corrected chi connectivity index (χ4v) is 2.35. The van der Waals surface area contributed by atoms with Crippen LogP contribution in [0.4, 0.5) is 5.69 Å². The van der Waals surface area contributed by atoms with Crippen LogP contribution in [0.1, 0.15) is 18.1 Å². The number of nitrogen functional groups attached to an aromatic ring is 1. The van der Waals surface area contributed by atoms with Crippen molar-refractivity contribution in [3.05, 3.63) is 64.1 Å². The van der Waals surface area contributed by atoms with Gasteiger partial charge in [0.1, 0.15) is 0 Å². The molecule has 0 saturated carbocycles. The van der Waals surface area contributed by atoms with Gasteiger partial charge in [0.25, 0.3) is 5.56 Å². The third kappa shape index (κ3) is 4.20. The zero-order valence-corrected chi connectivity index (χ0v) is 12.7. The molecule has 112 valence electrons. The lowest BCUT2D eigenvalue weighted by Gasteiger charge is -2.22. The average Bonchev–Trinajstić information content (AvgIpc) is 2.48. The number of pyridine rings is 1. The van der Waals surface area contributed by atoms with Gasteiger partial charge in [-0.05, 0) is 30.7 Å². The maximum Gasteiger partial charge on any atom is 0.250 e. The summed E-state index contributed by atoms with van der Waals surface area (Å²) in [5.74, 6) is 0. The smallest absolute Gasteiger partial charge is 0.250 e. The Labute approximate surface area is 125 Å². The molecule has 2 N–H and O–H groups in total. The first kappa shape index (κ1) is 15.3. The average molecular weight is 285 g/mol. The molecule has 21 heavy (non-hydrogen) atoms. The van der Waals surface area contributed by atoms with E-state index < -0.39 is 0 Å². The van der Waals surface area contributed by atoms with Crippen LogP contribution in [0.2, 0.25) is 0 Å². The Morgan fingerprint density at radius 1 is 1.19 bits per heavy atom. The van der Waals surface area contributed by atoms with Gasteiger partial charge < -0.3 is 10.3 Å². The molecule has 0 radical (unpaired) electrons. The van der Waals surface area contributed by atoms with Crippen molar-refractivity contribution in [2.75, 3.05) is 18.8 Å². The lowest BCUT2D eigenvalue weighted by molar-refractivity contribution is 0.266. The van der Waals surface area contributed by atoms with Crippen LogP contribution in [0.15, 0.2) is 47.4 Å². The molecule has 0 amide bonds. The zero-order valence-electron chi connectivity index (χ0n) is 12.7. The second-order valence-electron chi connectivity index (χ2n) is 5.29. The first-order valence-electron chi connectivity index (χ1n) is 7.33. The van der Waals surface area contributed by atoms with Crippen molar-refractivity contribution in [2.45, 2.75) is 26.9 Å². The van der Waals surface area contributed by atoms with E-state index in [-0.39, 0.29) is 5.56 Å². The standard InChI is InChI=1S/C17H23N3O/c1-3-19(12-15-7-5-4-6-14(15)2)10-11-20-13-16(18)8-9-17(20)21/h4-9,13H,3,10-12,18H2,1-2H3. The van der Waals surface area contributed by atoms with Gasteiger partial charge in [0.05, 0.1) is 0 Å². The summed E-state index contributed by atoms with van der Waals surface area (Å²) < 4.78 is 1.68. The third-order valence-electron chi connectivity index (χ3n) is 3.77. The highest BCUT2D eigenvalue weighted by molar-refractivity contribution is 5.33. The Kier molecular flexibility index (Phi) is 5.17. The zero-order chi connectivity index (χ0) is 15.2. The van der Waals surface area contributed by atoms with Gasteiger partial charge in [-0.15, -0.1) is 0 Å². The fourth-order valence-electron chi connectivity index (χ4n) is 2.35. The second kappa shape index (κ2) is 7.09. The summed E-state index contributed by atoms with van der Waals surface area (Å²) in [7, 11) is 0. The van der Waals surface area contributed by atoms with Gasteiger partial charge in [0.15, 0.2) is 0 Å². The molecule has 2 aromatic rings. The Morgan fingerprint density at radius 2 is 1.95 bits per heavy atom. The molecule has 0 aliphatic carbocycles. The molecular weight excluding hydrogens is 262 g/mol. The molecule has 0 bridgehead atoms. The molecule has 4 nitrogen and oxygen atoms in total. The highest BCUT2D eigenvalue weighted by Crippen LogP contribution is 2.10. The van der Waals surface area contributed by atoms with Crippen LogP contribution in [0.3, 0.4) is 0 Å². The molecule has 0 aliphatic heterocycles. The molecule has 0 aliphatic rings. The number of aryl methyl sites for hydroxylation is 1. The number of rotatable bonds is 6. The van der Waals surface area contributed by atoms with Crippen LogP contribution in [0.5, 0.6) is 0 Å². The summed E-state index contributed by atoms with van der Waals surface area (Å²) in [6.45, 7) is 7.61. The maximum absolute atomic E-state index is 11.8. The Hall–Kier alpha value is -2.07. The van der Waals surface area contributed by atoms with Gasteiger partial charge in [-0.1, -0.05) is 31.2 Å². The third-order valence-corrected chi connectivity index (χ3v) is 3.77. The van der Waals surface area contributed by atoms with Gasteiger partial charge in [0.2, 0.25) is 0 Å². The number of aromatic nitrogens is 1. The van der Waals surface area contributed by atoms with Crippen molar-refractivity contribution in [2.24, 2.45) is 0 Å². The fraction of sp³-hybridized carbons (Fsp3) is 0.353. The van der Waals surface area contributed by atoms with Crippen molar-refractivity contribution < 1.29 is 0 Å². The van der Waals surface area contributed by atoms with E-state index in [1.807, 2.05) is 0 Å². The molecule has 1 aromatic carbocycles. The minimum atomic E-state index is -0.00357. The van der Waals surface area contributed by atoms with Crippen LogP contribution >= 0.6 is 0 Å². The number of benzene rings is 1. The minimum Gasteiger partial charge on any atom is -0.398 e. The van der Waals surface area contributed by atoms with Crippen LogP contribution in [0, 0.1) is 6.92 Å². The topological polar surface area (TPSA) is 51.3 Å². The predicted molar refractivity (Wildman–Crippen MR) is 87.2 cm³/mol. The van der Waals surface area contributed by atoms with Crippen LogP contribution in [-0.4, -0.2) is 22.6 Å². The van der Waals surface area contributed by atoms with E-state index >= 15 is 0 Å². The molecule has 1 aromatic heterocycles. The lowest BCUT2D eigenvalue weighted by Crippen LogP contribution is -2.30. The highest BCUT2D eigenvalue weighted by Gasteiger charge is 2.06. The van der Waals surface area contributed by atoms with E-state index in [1.54, 1.807) is 16.8 Å². The van der Waals surface area contributed by atoms with Crippen molar-refractivity contribution in [1.82, 2.24) is 9.47 Å². The molecule has 2 rings (SSSR count). The maximum atomic E-state index is 11.8. The molecule has 1 heterocycles. The summed E-state index contributed by atoms with van der Waals surface area (Å²) in [4.78, 5) is 14.1. The van der Waals surface area contributed by atoms with Crippen molar-refractivity contribution >= 4 is 5.69 Å². The van der Waals surface area contributed by atoms with Crippen molar-refractivity contribution in [3.63, 3.8) is 0 Å². The number of likely N-dealkylation sites (N-methyl/N-ethyl adjacent to an activating group) is 1. The Bertz CT molecular complexity index is 648. The van der Waals surface area contributed by atoms with Gasteiger partial charge in [-0.2, -0.15) is 0 Å².